The van der Waals surface area contributed by atoms with Crippen molar-refractivity contribution in [1.29, 1.82) is 0 Å². The van der Waals surface area contributed by atoms with Gasteiger partial charge in [0.1, 0.15) is 5.82 Å². The molecule has 112 valence electrons. The van der Waals surface area contributed by atoms with Crippen molar-refractivity contribution in [2.45, 2.75) is 45.7 Å². The average Bonchev–Trinajstić information content (AvgIpc) is 2.83. The molecule has 1 aromatic heterocycles. The fourth-order valence-corrected chi connectivity index (χ4v) is 3.13. The fraction of sp³-hybridized carbons (Fsp3) is 0.688. The molecule has 0 saturated carbocycles. The molecule has 0 aromatic carbocycles. The average molecular weight is 279 g/mol. The van der Waals surface area contributed by atoms with Gasteiger partial charge in [0.15, 0.2) is 0 Å². The van der Waals surface area contributed by atoms with E-state index in [-0.39, 0.29) is 11.9 Å². The van der Waals surface area contributed by atoms with Crippen molar-refractivity contribution in [1.82, 2.24) is 15.2 Å². The van der Waals surface area contributed by atoms with Crippen LogP contribution in [-0.2, 0) is 0 Å². The van der Waals surface area contributed by atoms with Crippen molar-refractivity contribution in [2.75, 3.05) is 19.6 Å². The van der Waals surface area contributed by atoms with E-state index in [1.165, 1.54) is 31.6 Å². The summed E-state index contributed by atoms with van der Waals surface area (Å²) in [5.41, 5.74) is 0.938. The van der Waals surface area contributed by atoms with Gasteiger partial charge in [-0.15, -0.1) is 0 Å². The van der Waals surface area contributed by atoms with Crippen LogP contribution in [0.4, 0.5) is 4.39 Å². The summed E-state index contributed by atoms with van der Waals surface area (Å²) in [6, 6.07) is 4.17. The number of hydrogen-bond donors (Lipinski definition) is 1. The summed E-state index contributed by atoms with van der Waals surface area (Å²) in [4.78, 5) is 6.81. The summed E-state index contributed by atoms with van der Waals surface area (Å²) in [7, 11) is 0. The van der Waals surface area contributed by atoms with E-state index >= 15 is 0 Å². The molecular formula is C16H26FN3. The lowest BCUT2D eigenvalue weighted by molar-refractivity contribution is 0.205. The largest absolute Gasteiger partial charge is 0.309 e. The zero-order chi connectivity index (χ0) is 14.5. The topological polar surface area (TPSA) is 28.2 Å². The van der Waals surface area contributed by atoms with Gasteiger partial charge in [0.25, 0.3) is 0 Å². The van der Waals surface area contributed by atoms with Gasteiger partial charge in [0, 0.05) is 12.6 Å². The Morgan fingerprint density at radius 1 is 1.50 bits per heavy atom. The van der Waals surface area contributed by atoms with Crippen LogP contribution in [0.3, 0.4) is 0 Å². The molecule has 1 N–H and O–H groups in total. The molecule has 0 spiro atoms. The molecule has 0 radical (unpaired) electrons. The quantitative estimate of drug-likeness (QED) is 0.867. The van der Waals surface area contributed by atoms with Crippen molar-refractivity contribution in [2.24, 2.45) is 5.92 Å². The number of likely N-dealkylation sites (tertiary alicyclic amines) is 1. The third-order valence-corrected chi connectivity index (χ3v) is 4.28. The van der Waals surface area contributed by atoms with Crippen LogP contribution in [0.5, 0.6) is 0 Å². The maximum atomic E-state index is 13.0. The van der Waals surface area contributed by atoms with Gasteiger partial charge in [0.2, 0.25) is 0 Å². The van der Waals surface area contributed by atoms with Crippen LogP contribution in [0.1, 0.15) is 45.3 Å². The second kappa shape index (κ2) is 7.14. The molecule has 1 saturated heterocycles. The van der Waals surface area contributed by atoms with Gasteiger partial charge in [-0.1, -0.05) is 13.8 Å². The second-order valence-corrected chi connectivity index (χ2v) is 5.90. The summed E-state index contributed by atoms with van der Waals surface area (Å²) in [5, 5.41) is 3.50. The van der Waals surface area contributed by atoms with E-state index in [9.17, 15) is 4.39 Å². The summed E-state index contributed by atoms with van der Waals surface area (Å²) in [6.45, 7) is 9.81. The molecule has 1 fully saturated rings. The Morgan fingerprint density at radius 2 is 2.30 bits per heavy atom. The van der Waals surface area contributed by atoms with Gasteiger partial charge in [-0.2, -0.15) is 0 Å². The van der Waals surface area contributed by atoms with Crippen LogP contribution in [0.2, 0.25) is 0 Å². The predicted molar refractivity (Wildman–Crippen MR) is 80.0 cm³/mol. The van der Waals surface area contributed by atoms with Crippen molar-refractivity contribution in [3.63, 3.8) is 0 Å². The maximum Gasteiger partial charge on any atom is 0.141 e. The summed E-state index contributed by atoms with van der Waals surface area (Å²) < 4.78 is 13.0. The molecule has 0 bridgehead atoms. The van der Waals surface area contributed by atoms with Gasteiger partial charge in [0.05, 0.1) is 17.9 Å². The molecule has 4 heteroatoms. The minimum Gasteiger partial charge on any atom is -0.309 e. The smallest absolute Gasteiger partial charge is 0.141 e. The fourth-order valence-electron chi connectivity index (χ4n) is 3.13. The Labute approximate surface area is 121 Å². The standard InChI is InChI=1S/C16H26FN3/c1-4-18-16(15-8-7-14(17)10-19-15)12(2)11-20-9-5-6-13(20)3/h7-8,10,12-13,16,18H,4-6,9,11H2,1-3H3. The Kier molecular flexibility index (Phi) is 5.49. The van der Waals surface area contributed by atoms with Crippen molar-refractivity contribution >= 4 is 0 Å². The Balaban J connectivity index is 2.05. The molecule has 20 heavy (non-hydrogen) atoms. The summed E-state index contributed by atoms with van der Waals surface area (Å²) >= 11 is 0. The Hall–Kier alpha value is -1.00. The van der Waals surface area contributed by atoms with Gasteiger partial charge in [-0.05, 0) is 50.9 Å². The van der Waals surface area contributed by atoms with E-state index in [1.807, 2.05) is 0 Å². The first-order valence-corrected chi connectivity index (χ1v) is 7.70. The third kappa shape index (κ3) is 3.76. The highest BCUT2D eigenvalue weighted by molar-refractivity contribution is 5.11. The number of hydrogen-bond acceptors (Lipinski definition) is 3. The van der Waals surface area contributed by atoms with Gasteiger partial charge in [-0.3, -0.25) is 4.98 Å². The zero-order valence-electron chi connectivity index (χ0n) is 12.8. The van der Waals surface area contributed by atoms with Gasteiger partial charge in [-0.25, -0.2) is 4.39 Å². The lowest BCUT2D eigenvalue weighted by Gasteiger charge is -2.30. The molecule has 1 aromatic rings. The number of aromatic nitrogens is 1. The van der Waals surface area contributed by atoms with Crippen LogP contribution in [0, 0.1) is 11.7 Å². The van der Waals surface area contributed by atoms with Crippen LogP contribution in [0.25, 0.3) is 0 Å². The van der Waals surface area contributed by atoms with E-state index in [1.54, 1.807) is 6.07 Å². The van der Waals surface area contributed by atoms with E-state index < -0.39 is 0 Å². The molecule has 0 amide bonds. The highest BCUT2D eigenvalue weighted by Crippen LogP contribution is 2.25. The van der Waals surface area contributed by atoms with Gasteiger partial charge < -0.3 is 10.2 Å². The summed E-state index contributed by atoms with van der Waals surface area (Å²) in [5.74, 6) is 0.179. The van der Waals surface area contributed by atoms with E-state index in [4.69, 9.17) is 0 Å². The molecule has 1 aliphatic heterocycles. The number of rotatable bonds is 6. The molecule has 3 unspecified atom stereocenters. The summed E-state index contributed by atoms with van der Waals surface area (Å²) in [6.07, 6.45) is 3.91. The molecule has 3 atom stereocenters. The molecule has 3 nitrogen and oxygen atoms in total. The highest BCUT2D eigenvalue weighted by Gasteiger charge is 2.26. The van der Waals surface area contributed by atoms with Gasteiger partial charge >= 0.3 is 0 Å². The SMILES string of the molecule is CCNC(c1ccc(F)cn1)C(C)CN1CCCC1C. The van der Waals surface area contributed by atoms with E-state index in [0.29, 0.717) is 12.0 Å². The zero-order valence-corrected chi connectivity index (χ0v) is 12.8. The molecular weight excluding hydrogens is 253 g/mol. The van der Waals surface area contributed by atoms with Crippen molar-refractivity contribution in [3.05, 3.63) is 29.8 Å². The normalized spacial score (nSPS) is 22.9. The Bertz CT molecular complexity index is 407. The molecule has 2 rings (SSSR count). The molecule has 2 heterocycles. The molecule has 0 aliphatic carbocycles. The van der Waals surface area contributed by atoms with Crippen LogP contribution in [-0.4, -0.2) is 35.6 Å². The monoisotopic (exact) mass is 279 g/mol. The predicted octanol–water partition coefficient (Wildman–Crippen LogP) is 2.99. The molecule has 1 aliphatic rings. The lowest BCUT2D eigenvalue weighted by Crippen LogP contribution is -2.37. The Morgan fingerprint density at radius 3 is 2.85 bits per heavy atom. The van der Waals surface area contributed by atoms with Crippen LogP contribution >= 0.6 is 0 Å². The third-order valence-electron chi connectivity index (χ3n) is 4.28. The van der Waals surface area contributed by atoms with E-state index in [0.717, 1.165) is 18.8 Å². The first kappa shape index (κ1) is 15.4. The number of pyridine rings is 1. The minimum atomic E-state index is -0.273. The van der Waals surface area contributed by atoms with E-state index in [2.05, 4.69) is 36.0 Å². The van der Waals surface area contributed by atoms with Crippen LogP contribution in [0.15, 0.2) is 18.3 Å². The van der Waals surface area contributed by atoms with Crippen molar-refractivity contribution in [3.8, 4) is 0 Å². The number of halogens is 1. The first-order chi connectivity index (χ1) is 9.61. The first-order valence-electron chi connectivity index (χ1n) is 7.70. The van der Waals surface area contributed by atoms with Crippen molar-refractivity contribution < 1.29 is 4.39 Å². The lowest BCUT2D eigenvalue weighted by atomic mass is 9.97. The highest BCUT2D eigenvalue weighted by atomic mass is 19.1. The number of nitrogens with one attached hydrogen (secondary N) is 1. The number of nitrogens with zero attached hydrogens (tertiary/aromatic N) is 2. The minimum absolute atomic E-state index is 0.188. The van der Waals surface area contributed by atoms with Crippen LogP contribution < -0.4 is 5.32 Å². The maximum absolute atomic E-state index is 13.0. The second-order valence-electron chi connectivity index (χ2n) is 5.90.